The maximum Gasteiger partial charge on any atom is 0.130 e. The maximum atomic E-state index is 13.7. The Morgan fingerprint density at radius 2 is 1.95 bits per heavy atom. The third-order valence-electron chi connectivity index (χ3n) is 2.82. The normalized spacial score (nSPS) is 12.2. The van der Waals surface area contributed by atoms with Gasteiger partial charge < -0.3 is 9.84 Å². The van der Waals surface area contributed by atoms with Gasteiger partial charge in [0.15, 0.2) is 0 Å². The number of halogens is 3. The lowest BCUT2D eigenvalue weighted by molar-refractivity contribution is 0.189. The molecule has 2 rings (SSSR count). The van der Waals surface area contributed by atoms with Crippen molar-refractivity contribution in [2.24, 2.45) is 0 Å². The smallest absolute Gasteiger partial charge is 0.130 e. The van der Waals surface area contributed by atoms with E-state index in [1.807, 2.05) is 0 Å². The minimum Gasteiger partial charge on any atom is -0.488 e. The Morgan fingerprint density at radius 3 is 2.60 bits per heavy atom. The first-order chi connectivity index (χ1) is 9.47. The number of rotatable bonds is 4. The van der Waals surface area contributed by atoms with Gasteiger partial charge in [0.2, 0.25) is 0 Å². The Balaban J connectivity index is 2.18. The highest BCUT2D eigenvalue weighted by Gasteiger charge is 2.12. The van der Waals surface area contributed by atoms with Crippen LogP contribution in [0.15, 0.2) is 40.9 Å². The van der Waals surface area contributed by atoms with Crippen molar-refractivity contribution in [2.45, 2.75) is 19.6 Å². The van der Waals surface area contributed by atoms with E-state index in [9.17, 15) is 13.9 Å². The van der Waals surface area contributed by atoms with Crippen LogP contribution in [-0.4, -0.2) is 5.11 Å². The second-order valence-corrected chi connectivity index (χ2v) is 5.30. The van der Waals surface area contributed by atoms with Crippen LogP contribution in [0.25, 0.3) is 0 Å². The first kappa shape index (κ1) is 14.9. The van der Waals surface area contributed by atoms with Crippen molar-refractivity contribution in [1.29, 1.82) is 0 Å². The van der Waals surface area contributed by atoms with Crippen LogP contribution in [0, 0.1) is 11.6 Å². The molecule has 0 spiro atoms. The van der Waals surface area contributed by atoms with E-state index < -0.39 is 11.9 Å². The van der Waals surface area contributed by atoms with Gasteiger partial charge in [-0.3, -0.25) is 0 Å². The zero-order valence-electron chi connectivity index (χ0n) is 10.7. The van der Waals surface area contributed by atoms with Crippen LogP contribution in [0.4, 0.5) is 8.78 Å². The van der Waals surface area contributed by atoms with Crippen LogP contribution in [0.5, 0.6) is 5.75 Å². The van der Waals surface area contributed by atoms with Gasteiger partial charge >= 0.3 is 0 Å². The van der Waals surface area contributed by atoms with E-state index in [4.69, 9.17) is 4.74 Å². The standard InChI is InChI=1S/C15H13BrF2O2/c1-9(19)13-7-12(17)4-5-15(13)20-8-10-2-3-11(16)6-14(10)18/h2-7,9,19H,8H2,1H3/t9-/m0/s1. The molecule has 0 aliphatic carbocycles. The summed E-state index contributed by atoms with van der Waals surface area (Å²) < 4.78 is 32.9. The molecule has 0 unspecified atom stereocenters. The van der Waals surface area contributed by atoms with Gasteiger partial charge in [-0.05, 0) is 37.3 Å². The number of aliphatic hydroxyl groups is 1. The van der Waals surface area contributed by atoms with Crippen LogP contribution in [0.2, 0.25) is 0 Å². The number of ether oxygens (including phenoxy) is 1. The van der Waals surface area contributed by atoms with E-state index in [0.29, 0.717) is 21.3 Å². The Bertz CT molecular complexity index is 615. The number of hydrogen-bond donors (Lipinski definition) is 1. The molecule has 0 amide bonds. The van der Waals surface area contributed by atoms with Crippen LogP contribution in [-0.2, 0) is 6.61 Å². The van der Waals surface area contributed by atoms with Gasteiger partial charge in [0, 0.05) is 15.6 Å². The molecule has 1 atom stereocenters. The molecule has 5 heteroatoms. The fraction of sp³-hybridized carbons (Fsp3) is 0.200. The zero-order valence-corrected chi connectivity index (χ0v) is 12.3. The topological polar surface area (TPSA) is 29.5 Å². The first-order valence-corrected chi connectivity index (χ1v) is 6.81. The molecular formula is C15H13BrF2O2. The van der Waals surface area contributed by atoms with E-state index in [1.165, 1.54) is 31.2 Å². The Kier molecular flexibility index (Phi) is 4.73. The summed E-state index contributed by atoms with van der Waals surface area (Å²) in [6.07, 6.45) is -0.865. The van der Waals surface area contributed by atoms with Crippen molar-refractivity contribution in [2.75, 3.05) is 0 Å². The molecule has 2 aromatic rings. The highest BCUT2D eigenvalue weighted by Crippen LogP contribution is 2.27. The van der Waals surface area contributed by atoms with Gasteiger partial charge in [-0.15, -0.1) is 0 Å². The number of benzene rings is 2. The molecule has 0 aliphatic rings. The summed E-state index contributed by atoms with van der Waals surface area (Å²) in [5.41, 5.74) is 0.719. The molecule has 2 aromatic carbocycles. The average molecular weight is 343 g/mol. The van der Waals surface area contributed by atoms with E-state index in [-0.39, 0.29) is 12.4 Å². The fourth-order valence-electron chi connectivity index (χ4n) is 1.77. The Hall–Kier alpha value is -1.46. The second kappa shape index (κ2) is 6.33. The molecule has 2 nitrogen and oxygen atoms in total. The van der Waals surface area contributed by atoms with Crippen LogP contribution >= 0.6 is 15.9 Å². The quantitative estimate of drug-likeness (QED) is 0.894. The van der Waals surface area contributed by atoms with Gasteiger partial charge in [0.25, 0.3) is 0 Å². The van der Waals surface area contributed by atoms with Gasteiger partial charge in [-0.1, -0.05) is 22.0 Å². The molecule has 0 bridgehead atoms. The van der Waals surface area contributed by atoms with Crippen molar-refractivity contribution in [3.05, 3.63) is 63.6 Å². The molecule has 0 heterocycles. The Morgan fingerprint density at radius 1 is 1.20 bits per heavy atom. The van der Waals surface area contributed by atoms with Crippen molar-refractivity contribution in [1.82, 2.24) is 0 Å². The predicted octanol–water partition coefficient (Wildman–Crippen LogP) is 4.36. The van der Waals surface area contributed by atoms with E-state index in [2.05, 4.69) is 15.9 Å². The molecule has 0 saturated heterocycles. The van der Waals surface area contributed by atoms with Gasteiger partial charge in [0.05, 0.1) is 6.10 Å². The third kappa shape index (κ3) is 3.55. The molecule has 106 valence electrons. The Labute approximate surface area is 124 Å². The van der Waals surface area contributed by atoms with Crippen molar-refractivity contribution in [3.8, 4) is 5.75 Å². The van der Waals surface area contributed by atoms with E-state index in [1.54, 1.807) is 12.1 Å². The molecule has 0 aromatic heterocycles. The van der Waals surface area contributed by atoms with E-state index in [0.717, 1.165) is 0 Å². The summed E-state index contributed by atoms with van der Waals surface area (Å²) in [5.74, 6) is -0.508. The molecule has 0 aliphatic heterocycles. The lowest BCUT2D eigenvalue weighted by Crippen LogP contribution is -2.03. The van der Waals surface area contributed by atoms with Crippen molar-refractivity contribution in [3.63, 3.8) is 0 Å². The summed E-state index contributed by atoms with van der Waals surface area (Å²) in [6, 6.07) is 8.52. The van der Waals surface area contributed by atoms with Crippen molar-refractivity contribution >= 4 is 15.9 Å². The monoisotopic (exact) mass is 342 g/mol. The predicted molar refractivity (Wildman–Crippen MR) is 75.5 cm³/mol. The molecular weight excluding hydrogens is 330 g/mol. The van der Waals surface area contributed by atoms with Crippen LogP contribution in [0.1, 0.15) is 24.2 Å². The minimum atomic E-state index is -0.865. The summed E-state index contributed by atoms with van der Waals surface area (Å²) in [4.78, 5) is 0. The van der Waals surface area contributed by atoms with Crippen molar-refractivity contribution < 1.29 is 18.6 Å². The van der Waals surface area contributed by atoms with Gasteiger partial charge in [-0.25, -0.2) is 8.78 Å². The van der Waals surface area contributed by atoms with Gasteiger partial charge in [-0.2, -0.15) is 0 Å². The molecule has 0 fully saturated rings. The number of hydrogen-bond acceptors (Lipinski definition) is 2. The lowest BCUT2D eigenvalue weighted by atomic mass is 10.1. The summed E-state index contributed by atoms with van der Waals surface area (Å²) in [7, 11) is 0. The molecule has 20 heavy (non-hydrogen) atoms. The second-order valence-electron chi connectivity index (χ2n) is 4.38. The highest BCUT2D eigenvalue weighted by atomic mass is 79.9. The zero-order chi connectivity index (χ0) is 14.7. The summed E-state index contributed by atoms with van der Waals surface area (Å²) in [5, 5.41) is 9.59. The average Bonchev–Trinajstić information content (AvgIpc) is 2.38. The number of aliphatic hydroxyl groups excluding tert-OH is 1. The summed E-state index contributed by atoms with van der Waals surface area (Å²) >= 11 is 3.18. The lowest BCUT2D eigenvalue weighted by Gasteiger charge is -2.14. The largest absolute Gasteiger partial charge is 0.488 e. The first-order valence-electron chi connectivity index (χ1n) is 6.01. The molecule has 1 N–H and O–H groups in total. The molecule has 0 radical (unpaired) electrons. The van der Waals surface area contributed by atoms with Crippen LogP contribution in [0.3, 0.4) is 0 Å². The van der Waals surface area contributed by atoms with Gasteiger partial charge in [0.1, 0.15) is 24.0 Å². The maximum absolute atomic E-state index is 13.7. The SMILES string of the molecule is C[C@H](O)c1cc(F)ccc1OCc1ccc(Br)cc1F. The third-order valence-corrected chi connectivity index (χ3v) is 3.31. The highest BCUT2D eigenvalue weighted by molar-refractivity contribution is 9.10. The minimum absolute atomic E-state index is 0.00443. The van der Waals surface area contributed by atoms with Crippen LogP contribution < -0.4 is 4.74 Å². The fourth-order valence-corrected chi connectivity index (χ4v) is 2.10. The molecule has 0 saturated carbocycles. The van der Waals surface area contributed by atoms with E-state index >= 15 is 0 Å². The summed E-state index contributed by atoms with van der Waals surface area (Å²) in [6.45, 7) is 1.52.